The molecule has 1 fully saturated rings. The standard InChI is InChI=1S/C13H15ClN2O4/c1-6-3-9(6)15-13(19)16-10-5-11(20-2)7(12(17)18)4-8(10)14/h4-6,9H,3H2,1-2H3,(H,17,18)(H2,15,16,19). The van der Waals surface area contributed by atoms with E-state index in [1.807, 2.05) is 6.92 Å². The Hall–Kier alpha value is -1.95. The molecule has 2 rings (SSSR count). The number of carboxylic acids is 1. The van der Waals surface area contributed by atoms with Gasteiger partial charge in [-0.2, -0.15) is 0 Å². The van der Waals surface area contributed by atoms with Gasteiger partial charge in [-0.05, 0) is 18.4 Å². The molecule has 0 bridgehead atoms. The number of urea groups is 1. The minimum Gasteiger partial charge on any atom is -0.496 e. The summed E-state index contributed by atoms with van der Waals surface area (Å²) in [6.45, 7) is 2.04. The number of benzene rings is 1. The summed E-state index contributed by atoms with van der Waals surface area (Å²) in [6.07, 6.45) is 0.961. The Bertz CT molecular complexity index is 562. The van der Waals surface area contributed by atoms with E-state index in [1.54, 1.807) is 0 Å². The molecular weight excluding hydrogens is 284 g/mol. The number of carbonyl (C=O) groups is 2. The Balaban J connectivity index is 2.15. The summed E-state index contributed by atoms with van der Waals surface area (Å²) in [4.78, 5) is 22.8. The number of anilines is 1. The summed E-state index contributed by atoms with van der Waals surface area (Å²) in [5, 5.41) is 14.5. The molecule has 6 nitrogen and oxygen atoms in total. The smallest absolute Gasteiger partial charge is 0.339 e. The molecule has 0 saturated heterocycles. The maximum atomic E-state index is 11.7. The predicted molar refractivity (Wildman–Crippen MR) is 74.7 cm³/mol. The average molecular weight is 299 g/mol. The first-order valence-electron chi connectivity index (χ1n) is 6.10. The summed E-state index contributed by atoms with van der Waals surface area (Å²) < 4.78 is 4.98. The lowest BCUT2D eigenvalue weighted by atomic mass is 10.2. The van der Waals surface area contributed by atoms with Crippen LogP contribution in [0, 0.1) is 5.92 Å². The molecule has 108 valence electrons. The van der Waals surface area contributed by atoms with Gasteiger partial charge in [0.2, 0.25) is 0 Å². The molecule has 0 radical (unpaired) electrons. The van der Waals surface area contributed by atoms with E-state index in [1.165, 1.54) is 19.2 Å². The van der Waals surface area contributed by atoms with E-state index in [4.69, 9.17) is 21.4 Å². The summed E-state index contributed by atoms with van der Waals surface area (Å²) in [6, 6.07) is 2.46. The normalized spacial score (nSPS) is 20.1. The highest BCUT2D eigenvalue weighted by atomic mass is 35.5. The zero-order chi connectivity index (χ0) is 14.9. The molecule has 1 aromatic rings. The van der Waals surface area contributed by atoms with Gasteiger partial charge in [0, 0.05) is 12.1 Å². The maximum absolute atomic E-state index is 11.7. The summed E-state index contributed by atoms with van der Waals surface area (Å²) in [5.41, 5.74) is 0.249. The van der Waals surface area contributed by atoms with E-state index in [2.05, 4.69) is 10.6 Å². The molecule has 7 heteroatoms. The molecule has 0 aliphatic heterocycles. The third-order valence-corrected chi connectivity index (χ3v) is 3.51. The molecule has 0 aromatic heterocycles. The lowest BCUT2D eigenvalue weighted by Crippen LogP contribution is -2.31. The SMILES string of the molecule is COc1cc(NC(=O)NC2CC2C)c(Cl)cc1C(=O)O. The molecule has 2 amide bonds. The quantitative estimate of drug-likeness (QED) is 0.797. The minimum atomic E-state index is -1.15. The highest BCUT2D eigenvalue weighted by Crippen LogP contribution is 2.32. The second-order valence-corrected chi connectivity index (χ2v) is 5.16. The number of ether oxygens (including phenoxy) is 1. The van der Waals surface area contributed by atoms with E-state index in [0.717, 1.165) is 6.42 Å². The number of amides is 2. The Morgan fingerprint density at radius 2 is 2.10 bits per heavy atom. The molecule has 3 N–H and O–H groups in total. The number of rotatable bonds is 4. The Morgan fingerprint density at radius 1 is 1.45 bits per heavy atom. The van der Waals surface area contributed by atoms with Gasteiger partial charge < -0.3 is 20.5 Å². The van der Waals surface area contributed by atoms with Crippen molar-refractivity contribution in [1.29, 1.82) is 0 Å². The van der Waals surface area contributed by atoms with Crippen LogP contribution in [0.5, 0.6) is 5.75 Å². The van der Waals surface area contributed by atoms with E-state index in [0.29, 0.717) is 11.6 Å². The van der Waals surface area contributed by atoms with E-state index in [-0.39, 0.29) is 28.4 Å². The molecular formula is C13H15ClN2O4. The van der Waals surface area contributed by atoms with Gasteiger partial charge in [-0.3, -0.25) is 0 Å². The van der Waals surface area contributed by atoms with Gasteiger partial charge in [0.25, 0.3) is 0 Å². The minimum absolute atomic E-state index is 0.0562. The summed E-state index contributed by atoms with van der Waals surface area (Å²) >= 11 is 5.97. The number of halogens is 1. The van der Waals surface area contributed by atoms with Crippen molar-refractivity contribution in [2.45, 2.75) is 19.4 Å². The van der Waals surface area contributed by atoms with Crippen LogP contribution in [0.3, 0.4) is 0 Å². The number of methoxy groups -OCH3 is 1. The van der Waals surface area contributed by atoms with Crippen LogP contribution in [0.15, 0.2) is 12.1 Å². The largest absolute Gasteiger partial charge is 0.496 e. The number of aromatic carboxylic acids is 1. The Kier molecular flexibility index (Phi) is 4.04. The molecule has 0 spiro atoms. The second-order valence-electron chi connectivity index (χ2n) is 4.76. The number of hydrogen-bond donors (Lipinski definition) is 3. The van der Waals surface area contributed by atoms with Gasteiger partial charge in [0.05, 0.1) is 17.8 Å². The number of carbonyl (C=O) groups excluding carboxylic acids is 1. The van der Waals surface area contributed by atoms with Crippen molar-refractivity contribution < 1.29 is 19.4 Å². The summed E-state index contributed by atoms with van der Waals surface area (Å²) in [5.74, 6) is -0.524. The van der Waals surface area contributed by atoms with Gasteiger partial charge in [-0.15, -0.1) is 0 Å². The van der Waals surface area contributed by atoms with Gasteiger partial charge in [-0.1, -0.05) is 18.5 Å². The fourth-order valence-corrected chi connectivity index (χ4v) is 2.05. The second kappa shape index (κ2) is 5.58. The summed E-state index contributed by atoms with van der Waals surface area (Å²) in [7, 11) is 1.35. The average Bonchev–Trinajstić information content (AvgIpc) is 3.06. The van der Waals surface area contributed by atoms with E-state index < -0.39 is 5.97 Å². The number of nitrogens with one attached hydrogen (secondary N) is 2. The molecule has 1 saturated carbocycles. The van der Waals surface area contributed by atoms with Crippen LogP contribution in [-0.2, 0) is 0 Å². The first-order valence-corrected chi connectivity index (χ1v) is 6.48. The highest BCUT2D eigenvalue weighted by Gasteiger charge is 2.33. The monoisotopic (exact) mass is 298 g/mol. The van der Waals surface area contributed by atoms with Crippen molar-refractivity contribution in [1.82, 2.24) is 5.32 Å². The van der Waals surface area contributed by atoms with Gasteiger partial charge >= 0.3 is 12.0 Å². The van der Waals surface area contributed by atoms with Crippen LogP contribution in [0.25, 0.3) is 0 Å². The predicted octanol–water partition coefficient (Wildman–Crippen LogP) is 2.58. The van der Waals surface area contributed by atoms with Crippen LogP contribution < -0.4 is 15.4 Å². The van der Waals surface area contributed by atoms with Crippen LogP contribution in [-0.4, -0.2) is 30.3 Å². The van der Waals surface area contributed by atoms with Crippen molar-refractivity contribution in [2.24, 2.45) is 5.92 Å². The fourth-order valence-electron chi connectivity index (χ4n) is 1.84. The fraction of sp³-hybridized carbons (Fsp3) is 0.385. The Labute approximate surface area is 121 Å². The van der Waals surface area contributed by atoms with Crippen LogP contribution >= 0.6 is 11.6 Å². The van der Waals surface area contributed by atoms with E-state index in [9.17, 15) is 9.59 Å². The van der Waals surface area contributed by atoms with Crippen molar-refractivity contribution in [3.05, 3.63) is 22.7 Å². The molecule has 0 heterocycles. The number of hydrogen-bond acceptors (Lipinski definition) is 3. The van der Waals surface area contributed by atoms with Gasteiger partial charge in [-0.25, -0.2) is 9.59 Å². The molecule has 1 aliphatic carbocycles. The third-order valence-electron chi connectivity index (χ3n) is 3.19. The molecule has 1 aliphatic rings. The van der Waals surface area contributed by atoms with Crippen LogP contribution in [0.1, 0.15) is 23.7 Å². The molecule has 1 aromatic carbocycles. The molecule has 2 atom stereocenters. The zero-order valence-corrected chi connectivity index (χ0v) is 11.8. The first-order chi connectivity index (χ1) is 9.42. The topological polar surface area (TPSA) is 87.7 Å². The molecule has 2 unspecified atom stereocenters. The maximum Gasteiger partial charge on any atom is 0.339 e. The van der Waals surface area contributed by atoms with Crippen LogP contribution in [0.4, 0.5) is 10.5 Å². The number of carboxylic acid groups (broad SMARTS) is 1. The van der Waals surface area contributed by atoms with E-state index >= 15 is 0 Å². The third kappa shape index (κ3) is 3.14. The zero-order valence-electron chi connectivity index (χ0n) is 11.1. The van der Waals surface area contributed by atoms with Crippen molar-refractivity contribution in [2.75, 3.05) is 12.4 Å². The highest BCUT2D eigenvalue weighted by molar-refractivity contribution is 6.34. The molecule has 20 heavy (non-hydrogen) atoms. The van der Waals surface area contributed by atoms with Crippen molar-refractivity contribution in [3.63, 3.8) is 0 Å². The first kappa shape index (κ1) is 14.5. The van der Waals surface area contributed by atoms with Gasteiger partial charge in [0.15, 0.2) is 0 Å². The lowest BCUT2D eigenvalue weighted by Gasteiger charge is -2.12. The van der Waals surface area contributed by atoms with Crippen molar-refractivity contribution in [3.8, 4) is 5.75 Å². The van der Waals surface area contributed by atoms with Crippen LogP contribution in [0.2, 0.25) is 5.02 Å². The lowest BCUT2D eigenvalue weighted by molar-refractivity contribution is 0.0693. The van der Waals surface area contributed by atoms with Gasteiger partial charge in [0.1, 0.15) is 11.3 Å². The van der Waals surface area contributed by atoms with Crippen molar-refractivity contribution >= 4 is 29.3 Å². The Morgan fingerprint density at radius 3 is 2.60 bits per heavy atom.